The van der Waals surface area contributed by atoms with Crippen molar-refractivity contribution in [1.82, 2.24) is 0 Å². The lowest BCUT2D eigenvalue weighted by Gasteiger charge is -2.43. The van der Waals surface area contributed by atoms with Crippen LogP contribution in [0.5, 0.6) is 0 Å². The average molecular weight is 268 g/mol. The molecule has 19 heavy (non-hydrogen) atoms. The molecule has 3 N–H and O–H groups in total. The van der Waals surface area contributed by atoms with E-state index < -0.39 is 22.8 Å². The van der Waals surface area contributed by atoms with E-state index in [0.717, 1.165) is 12.8 Å². The van der Waals surface area contributed by atoms with E-state index >= 15 is 0 Å². The van der Waals surface area contributed by atoms with Crippen LogP contribution in [-0.4, -0.2) is 33.9 Å². The van der Waals surface area contributed by atoms with Crippen LogP contribution in [0.2, 0.25) is 0 Å². The Hall–Kier alpha value is -1.36. The maximum atomic E-state index is 11.7. The van der Waals surface area contributed by atoms with Gasteiger partial charge in [-0.15, -0.1) is 0 Å². The fraction of sp³-hybridized carbons (Fsp3) is 0.714. The van der Waals surface area contributed by atoms with Crippen LogP contribution in [-0.2, 0) is 9.59 Å². The van der Waals surface area contributed by atoms with Gasteiger partial charge in [0, 0.05) is 6.61 Å². The number of rotatable bonds is 5. The zero-order valence-electron chi connectivity index (χ0n) is 11.1. The van der Waals surface area contributed by atoms with Crippen molar-refractivity contribution in [2.24, 2.45) is 16.7 Å². The molecule has 0 aromatic carbocycles. The van der Waals surface area contributed by atoms with Gasteiger partial charge in [0.1, 0.15) is 0 Å². The number of aliphatic carboxylic acids is 2. The first kappa shape index (κ1) is 14.1. The van der Waals surface area contributed by atoms with Crippen LogP contribution < -0.4 is 0 Å². The van der Waals surface area contributed by atoms with Crippen molar-refractivity contribution >= 4 is 11.9 Å². The molecule has 2 aliphatic carbocycles. The zero-order valence-corrected chi connectivity index (χ0v) is 11.1. The monoisotopic (exact) mass is 268 g/mol. The minimum Gasteiger partial charge on any atom is -0.481 e. The maximum Gasteiger partial charge on any atom is 0.313 e. The van der Waals surface area contributed by atoms with Gasteiger partial charge >= 0.3 is 11.9 Å². The molecule has 0 amide bonds. The van der Waals surface area contributed by atoms with Crippen LogP contribution >= 0.6 is 0 Å². The zero-order chi connectivity index (χ0) is 14.3. The van der Waals surface area contributed by atoms with Gasteiger partial charge in [-0.3, -0.25) is 9.59 Å². The molecule has 0 aromatic rings. The highest BCUT2D eigenvalue weighted by atomic mass is 16.4. The second kappa shape index (κ2) is 4.63. The van der Waals surface area contributed by atoms with Gasteiger partial charge in [0.25, 0.3) is 0 Å². The Labute approximate surface area is 111 Å². The summed E-state index contributed by atoms with van der Waals surface area (Å²) >= 11 is 0. The Morgan fingerprint density at radius 1 is 1.32 bits per heavy atom. The Balaban J connectivity index is 2.44. The first-order valence-electron chi connectivity index (χ1n) is 6.64. The predicted octanol–water partition coefficient (Wildman–Crippen LogP) is 1.66. The Kier molecular flexibility index (Phi) is 3.43. The lowest BCUT2D eigenvalue weighted by molar-refractivity contribution is -0.159. The second-order valence-electron chi connectivity index (χ2n) is 5.86. The molecular formula is C14H20O5. The van der Waals surface area contributed by atoms with Gasteiger partial charge < -0.3 is 15.3 Å². The molecule has 0 radical (unpaired) electrons. The summed E-state index contributed by atoms with van der Waals surface area (Å²) in [6, 6.07) is 0. The van der Waals surface area contributed by atoms with E-state index in [4.69, 9.17) is 0 Å². The summed E-state index contributed by atoms with van der Waals surface area (Å²) < 4.78 is 0. The number of carboxylic acid groups (broad SMARTS) is 2. The summed E-state index contributed by atoms with van der Waals surface area (Å²) in [4.78, 5) is 23.4. The van der Waals surface area contributed by atoms with Crippen molar-refractivity contribution in [3.8, 4) is 0 Å². The van der Waals surface area contributed by atoms with Crippen molar-refractivity contribution in [1.29, 1.82) is 0 Å². The number of hydrogen-bond donors (Lipinski definition) is 3. The van der Waals surface area contributed by atoms with Crippen molar-refractivity contribution in [3.63, 3.8) is 0 Å². The Bertz CT molecular complexity index is 437. The SMILES string of the molecule is CC1=CCC(C(=O)O)(C2CC2)CC1(CCO)C(=O)O. The normalized spacial score (nSPS) is 34.7. The van der Waals surface area contributed by atoms with E-state index in [0.29, 0.717) is 12.0 Å². The van der Waals surface area contributed by atoms with Gasteiger partial charge in [-0.1, -0.05) is 11.6 Å². The molecule has 1 fully saturated rings. The topological polar surface area (TPSA) is 94.8 Å². The van der Waals surface area contributed by atoms with Crippen LogP contribution in [0.3, 0.4) is 0 Å². The van der Waals surface area contributed by atoms with E-state index in [1.54, 1.807) is 13.0 Å². The van der Waals surface area contributed by atoms with Crippen LogP contribution in [0.15, 0.2) is 11.6 Å². The smallest absolute Gasteiger partial charge is 0.313 e. The van der Waals surface area contributed by atoms with Crippen LogP contribution in [0.4, 0.5) is 0 Å². The lowest BCUT2D eigenvalue weighted by Crippen LogP contribution is -2.47. The van der Waals surface area contributed by atoms with Crippen molar-refractivity contribution in [2.75, 3.05) is 6.61 Å². The van der Waals surface area contributed by atoms with Crippen LogP contribution in [0, 0.1) is 16.7 Å². The molecule has 2 unspecified atom stereocenters. The van der Waals surface area contributed by atoms with E-state index in [2.05, 4.69) is 0 Å². The summed E-state index contributed by atoms with van der Waals surface area (Å²) in [5.41, 5.74) is -1.52. The minimum absolute atomic E-state index is 0.0757. The molecule has 0 heterocycles. The van der Waals surface area contributed by atoms with Crippen molar-refractivity contribution in [3.05, 3.63) is 11.6 Å². The summed E-state index contributed by atoms with van der Waals surface area (Å²) in [6.45, 7) is 1.47. The van der Waals surface area contributed by atoms with E-state index in [-0.39, 0.29) is 25.4 Å². The number of hydrogen-bond acceptors (Lipinski definition) is 3. The fourth-order valence-corrected chi connectivity index (χ4v) is 3.39. The maximum absolute atomic E-state index is 11.7. The molecule has 5 nitrogen and oxygen atoms in total. The number of carboxylic acids is 2. The standard InChI is InChI=1S/C14H20O5/c1-9-4-5-14(12(18)19,10-2-3-10)8-13(9,6-7-15)11(16)17/h4,10,15H,2-3,5-8H2,1H3,(H,16,17)(H,18,19). The van der Waals surface area contributed by atoms with Gasteiger partial charge in [0.15, 0.2) is 0 Å². The number of aliphatic hydroxyl groups excluding tert-OH is 1. The molecule has 1 saturated carbocycles. The number of allylic oxidation sites excluding steroid dienone is 1. The highest BCUT2D eigenvalue weighted by Gasteiger charge is 2.58. The third-order valence-corrected chi connectivity index (χ3v) is 4.88. The molecule has 0 spiro atoms. The average Bonchev–Trinajstić information content (AvgIpc) is 3.16. The van der Waals surface area contributed by atoms with E-state index in [1.807, 2.05) is 0 Å². The Morgan fingerprint density at radius 3 is 2.37 bits per heavy atom. The summed E-state index contributed by atoms with van der Waals surface area (Å²) in [5.74, 6) is -1.85. The molecule has 5 heteroatoms. The van der Waals surface area contributed by atoms with Gasteiger partial charge in [-0.25, -0.2) is 0 Å². The van der Waals surface area contributed by atoms with Gasteiger partial charge in [0.05, 0.1) is 10.8 Å². The van der Waals surface area contributed by atoms with Gasteiger partial charge in [-0.05, 0) is 44.9 Å². The highest BCUT2D eigenvalue weighted by molar-refractivity contribution is 5.83. The quantitative estimate of drug-likeness (QED) is 0.659. The predicted molar refractivity (Wildman–Crippen MR) is 67.6 cm³/mol. The van der Waals surface area contributed by atoms with E-state index in [9.17, 15) is 24.9 Å². The van der Waals surface area contributed by atoms with Crippen molar-refractivity contribution < 1.29 is 24.9 Å². The summed E-state index contributed by atoms with van der Waals surface area (Å²) in [5, 5.41) is 28.3. The van der Waals surface area contributed by atoms with Gasteiger partial charge in [-0.2, -0.15) is 0 Å². The molecule has 0 bridgehead atoms. The molecule has 0 aliphatic heterocycles. The molecular weight excluding hydrogens is 248 g/mol. The first-order chi connectivity index (χ1) is 8.89. The van der Waals surface area contributed by atoms with Gasteiger partial charge in [0.2, 0.25) is 0 Å². The largest absolute Gasteiger partial charge is 0.481 e. The number of carbonyl (C=O) groups is 2. The summed E-state index contributed by atoms with van der Waals surface area (Å²) in [7, 11) is 0. The molecule has 106 valence electrons. The third-order valence-electron chi connectivity index (χ3n) is 4.88. The molecule has 2 atom stereocenters. The van der Waals surface area contributed by atoms with Crippen LogP contribution in [0.25, 0.3) is 0 Å². The van der Waals surface area contributed by atoms with Crippen LogP contribution in [0.1, 0.15) is 39.0 Å². The Morgan fingerprint density at radius 2 is 1.95 bits per heavy atom. The second-order valence-corrected chi connectivity index (χ2v) is 5.86. The van der Waals surface area contributed by atoms with Crippen molar-refractivity contribution in [2.45, 2.75) is 39.0 Å². The molecule has 0 saturated heterocycles. The summed E-state index contributed by atoms with van der Waals surface area (Å²) in [6.07, 6.45) is 4.03. The highest BCUT2D eigenvalue weighted by Crippen LogP contribution is 2.58. The lowest BCUT2D eigenvalue weighted by atomic mass is 9.59. The number of aliphatic hydroxyl groups is 1. The fourth-order valence-electron chi connectivity index (χ4n) is 3.39. The molecule has 2 rings (SSSR count). The molecule has 0 aromatic heterocycles. The molecule has 2 aliphatic rings. The first-order valence-corrected chi connectivity index (χ1v) is 6.64. The minimum atomic E-state index is -1.23. The third kappa shape index (κ3) is 2.06. The van der Waals surface area contributed by atoms with E-state index in [1.165, 1.54) is 0 Å².